The van der Waals surface area contributed by atoms with E-state index in [9.17, 15) is 0 Å². The van der Waals surface area contributed by atoms with E-state index in [1.807, 2.05) is 30.3 Å². The predicted molar refractivity (Wildman–Crippen MR) is 77.0 cm³/mol. The lowest BCUT2D eigenvalue weighted by Gasteiger charge is -2.11. The second-order valence-corrected chi connectivity index (χ2v) is 4.34. The van der Waals surface area contributed by atoms with E-state index in [-0.39, 0.29) is 5.88 Å². The predicted octanol–water partition coefficient (Wildman–Crippen LogP) is 3.09. The van der Waals surface area contributed by atoms with Crippen LogP contribution in [0.5, 0.6) is 11.5 Å². The Hall–Kier alpha value is -2.69. The van der Waals surface area contributed by atoms with Crippen LogP contribution in [0.4, 0.5) is 5.88 Å². The van der Waals surface area contributed by atoms with Crippen molar-refractivity contribution < 1.29 is 14.0 Å². The first-order valence-corrected chi connectivity index (χ1v) is 6.10. The number of aromatic nitrogens is 1. The maximum atomic E-state index is 5.61. The van der Waals surface area contributed by atoms with Crippen LogP contribution in [0.15, 0.2) is 40.9 Å². The van der Waals surface area contributed by atoms with Gasteiger partial charge in [0.2, 0.25) is 5.88 Å². The number of anilines is 1. The number of nitrogens with zero attached hydrogens (tertiary/aromatic N) is 1. The summed E-state index contributed by atoms with van der Waals surface area (Å²) in [7, 11) is 3.25. The van der Waals surface area contributed by atoms with Crippen molar-refractivity contribution in [3.8, 4) is 22.8 Å². The number of hydrogen-bond acceptors (Lipinski definition) is 5. The number of fused-ring (bicyclic) bond motifs is 1. The summed E-state index contributed by atoms with van der Waals surface area (Å²) in [4.78, 5) is 0. The van der Waals surface area contributed by atoms with Gasteiger partial charge in [0.15, 0.2) is 0 Å². The van der Waals surface area contributed by atoms with Gasteiger partial charge < -0.3 is 19.7 Å². The Bertz CT molecular complexity index is 760. The van der Waals surface area contributed by atoms with Crippen LogP contribution in [0.1, 0.15) is 0 Å². The van der Waals surface area contributed by atoms with Gasteiger partial charge in [0, 0.05) is 6.07 Å². The highest BCUT2D eigenvalue weighted by molar-refractivity contribution is 5.99. The minimum Gasteiger partial charge on any atom is -0.497 e. The molecule has 0 radical (unpaired) electrons. The van der Waals surface area contributed by atoms with Crippen LogP contribution in [0, 0.1) is 0 Å². The van der Waals surface area contributed by atoms with Crippen molar-refractivity contribution in [2.24, 2.45) is 0 Å². The molecule has 0 aliphatic rings. The molecule has 0 spiro atoms. The Morgan fingerprint density at radius 2 is 1.85 bits per heavy atom. The SMILES string of the molecule is COc1ccc2ccc(OC)c(-c3cc(N)on3)c2c1. The van der Waals surface area contributed by atoms with Crippen molar-refractivity contribution in [2.75, 3.05) is 20.0 Å². The van der Waals surface area contributed by atoms with E-state index < -0.39 is 0 Å². The summed E-state index contributed by atoms with van der Waals surface area (Å²) in [6.45, 7) is 0. The molecule has 3 rings (SSSR count). The molecule has 0 saturated carbocycles. The summed E-state index contributed by atoms with van der Waals surface area (Å²) >= 11 is 0. The first-order valence-electron chi connectivity index (χ1n) is 6.10. The Kier molecular flexibility index (Phi) is 2.95. The van der Waals surface area contributed by atoms with Crippen molar-refractivity contribution in [1.82, 2.24) is 5.16 Å². The molecule has 2 aromatic carbocycles. The minimum absolute atomic E-state index is 0.266. The van der Waals surface area contributed by atoms with Crippen molar-refractivity contribution >= 4 is 16.7 Å². The molecular formula is C15H14N2O3. The van der Waals surface area contributed by atoms with Gasteiger partial charge in [-0.15, -0.1) is 0 Å². The molecule has 20 heavy (non-hydrogen) atoms. The topological polar surface area (TPSA) is 70.5 Å². The van der Waals surface area contributed by atoms with Gasteiger partial charge in [-0.05, 0) is 29.0 Å². The molecular weight excluding hydrogens is 256 g/mol. The van der Waals surface area contributed by atoms with Crippen LogP contribution in [-0.4, -0.2) is 19.4 Å². The molecule has 5 nitrogen and oxygen atoms in total. The maximum Gasteiger partial charge on any atom is 0.222 e. The number of rotatable bonds is 3. The largest absolute Gasteiger partial charge is 0.497 e. The van der Waals surface area contributed by atoms with E-state index in [4.69, 9.17) is 19.7 Å². The van der Waals surface area contributed by atoms with Crippen LogP contribution in [0.3, 0.4) is 0 Å². The molecule has 1 aromatic heterocycles. The molecule has 102 valence electrons. The van der Waals surface area contributed by atoms with E-state index in [0.717, 1.165) is 22.1 Å². The van der Waals surface area contributed by atoms with Gasteiger partial charge >= 0.3 is 0 Å². The van der Waals surface area contributed by atoms with Crippen molar-refractivity contribution in [3.63, 3.8) is 0 Å². The molecule has 0 fully saturated rings. The molecule has 0 aliphatic heterocycles. The van der Waals surface area contributed by atoms with Gasteiger partial charge in [-0.2, -0.15) is 0 Å². The number of ether oxygens (including phenoxy) is 2. The van der Waals surface area contributed by atoms with E-state index >= 15 is 0 Å². The highest BCUT2D eigenvalue weighted by Crippen LogP contribution is 2.38. The average Bonchev–Trinajstić information content (AvgIpc) is 2.91. The number of methoxy groups -OCH3 is 2. The lowest BCUT2D eigenvalue weighted by Crippen LogP contribution is -1.91. The lowest BCUT2D eigenvalue weighted by atomic mass is 10.0. The van der Waals surface area contributed by atoms with Crippen LogP contribution in [-0.2, 0) is 0 Å². The molecule has 3 aromatic rings. The summed E-state index contributed by atoms with van der Waals surface area (Å²) in [5.41, 5.74) is 7.09. The Morgan fingerprint density at radius 3 is 2.50 bits per heavy atom. The number of benzene rings is 2. The monoisotopic (exact) mass is 270 g/mol. The smallest absolute Gasteiger partial charge is 0.222 e. The zero-order chi connectivity index (χ0) is 14.1. The second kappa shape index (κ2) is 4.77. The molecule has 5 heteroatoms. The van der Waals surface area contributed by atoms with E-state index in [0.29, 0.717) is 11.4 Å². The molecule has 0 amide bonds. The fourth-order valence-electron chi connectivity index (χ4n) is 2.25. The molecule has 2 N–H and O–H groups in total. The first-order chi connectivity index (χ1) is 9.72. The van der Waals surface area contributed by atoms with Gasteiger partial charge in [0.1, 0.15) is 17.2 Å². The zero-order valence-corrected chi connectivity index (χ0v) is 11.2. The molecule has 0 atom stereocenters. The van der Waals surface area contributed by atoms with Crippen LogP contribution in [0.25, 0.3) is 22.0 Å². The van der Waals surface area contributed by atoms with E-state index in [1.54, 1.807) is 20.3 Å². The van der Waals surface area contributed by atoms with E-state index in [1.165, 1.54) is 0 Å². The first kappa shape index (κ1) is 12.3. The maximum absolute atomic E-state index is 5.61. The van der Waals surface area contributed by atoms with Crippen molar-refractivity contribution in [1.29, 1.82) is 0 Å². The Morgan fingerprint density at radius 1 is 1.05 bits per heavy atom. The van der Waals surface area contributed by atoms with Gasteiger partial charge in [0.25, 0.3) is 0 Å². The molecule has 0 bridgehead atoms. The average molecular weight is 270 g/mol. The summed E-state index contributed by atoms with van der Waals surface area (Å²) in [6, 6.07) is 11.4. The highest BCUT2D eigenvalue weighted by Gasteiger charge is 2.15. The summed E-state index contributed by atoms with van der Waals surface area (Å²) in [6.07, 6.45) is 0. The molecule has 0 aliphatic carbocycles. The van der Waals surface area contributed by atoms with E-state index in [2.05, 4.69) is 5.16 Å². The standard InChI is InChI=1S/C15H14N2O3/c1-18-10-5-3-9-4-6-13(19-2)15(11(9)7-10)12-8-14(16)20-17-12/h3-8H,16H2,1-2H3. The normalized spacial score (nSPS) is 10.7. The Labute approximate surface area is 115 Å². The highest BCUT2D eigenvalue weighted by atomic mass is 16.5. The molecule has 0 unspecified atom stereocenters. The third-order valence-electron chi connectivity index (χ3n) is 3.19. The van der Waals surface area contributed by atoms with Gasteiger partial charge in [-0.3, -0.25) is 0 Å². The zero-order valence-electron chi connectivity index (χ0n) is 11.2. The summed E-state index contributed by atoms with van der Waals surface area (Å²) < 4.78 is 15.7. The number of hydrogen-bond donors (Lipinski definition) is 1. The van der Waals surface area contributed by atoms with Gasteiger partial charge in [-0.1, -0.05) is 17.3 Å². The van der Waals surface area contributed by atoms with Crippen LogP contribution >= 0.6 is 0 Å². The second-order valence-electron chi connectivity index (χ2n) is 4.34. The summed E-state index contributed by atoms with van der Waals surface area (Å²) in [5.74, 6) is 1.74. The summed E-state index contributed by atoms with van der Waals surface area (Å²) in [5, 5.41) is 6.01. The molecule has 1 heterocycles. The fraction of sp³-hybridized carbons (Fsp3) is 0.133. The molecule has 0 saturated heterocycles. The van der Waals surface area contributed by atoms with Crippen LogP contribution < -0.4 is 15.2 Å². The Balaban J connectivity index is 2.35. The van der Waals surface area contributed by atoms with Gasteiger partial charge in [-0.25, -0.2) is 0 Å². The van der Waals surface area contributed by atoms with Crippen molar-refractivity contribution in [3.05, 3.63) is 36.4 Å². The van der Waals surface area contributed by atoms with Gasteiger partial charge in [0.05, 0.1) is 19.8 Å². The quantitative estimate of drug-likeness (QED) is 0.791. The minimum atomic E-state index is 0.266. The third-order valence-corrected chi connectivity index (χ3v) is 3.19. The lowest BCUT2D eigenvalue weighted by molar-refractivity contribution is 0.413. The van der Waals surface area contributed by atoms with Crippen molar-refractivity contribution in [2.45, 2.75) is 0 Å². The van der Waals surface area contributed by atoms with Crippen LogP contribution in [0.2, 0.25) is 0 Å². The third kappa shape index (κ3) is 1.93. The number of nitrogen functional groups attached to an aromatic ring is 1. The fourth-order valence-corrected chi connectivity index (χ4v) is 2.25. The number of nitrogens with two attached hydrogens (primary N) is 1.